The van der Waals surface area contributed by atoms with Gasteiger partial charge >= 0.3 is 6.18 Å². The molecule has 0 aromatic rings. The van der Waals surface area contributed by atoms with Crippen molar-refractivity contribution < 1.29 is 13.2 Å². The zero-order valence-electron chi connectivity index (χ0n) is 7.49. The lowest BCUT2D eigenvalue weighted by Crippen LogP contribution is -2.35. The molecule has 5 heteroatoms. The average molecular weight is 216 g/mol. The van der Waals surface area contributed by atoms with Gasteiger partial charge in [-0.25, -0.2) is 0 Å². The Kier molecular flexibility index (Phi) is 5.40. The molecule has 0 saturated carbocycles. The van der Waals surface area contributed by atoms with Crippen LogP contribution in [0.1, 0.15) is 6.92 Å². The second-order valence-electron chi connectivity index (χ2n) is 2.80. The zero-order chi connectivity index (χ0) is 10.5. The van der Waals surface area contributed by atoms with Crippen LogP contribution in [0.5, 0.6) is 0 Å². The van der Waals surface area contributed by atoms with E-state index < -0.39 is 12.7 Å². The van der Waals surface area contributed by atoms with Crippen LogP contribution in [0.3, 0.4) is 0 Å². The van der Waals surface area contributed by atoms with Crippen molar-refractivity contribution in [3.05, 3.63) is 12.2 Å². The highest BCUT2D eigenvalue weighted by Gasteiger charge is 2.29. The molecule has 78 valence electrons. The summed E-state index contributed by atoms with van der Waals surface area (Å²) in [5.41, 5.74) is 0.604. The van der Waals surface area contributed by atoms with Crippen LogP contribution in [0.2, 0.25) is 0 Å². The van der Waals surface area contributed by atoms with Gasteiger partial charge in [-0.05, 0) is 12.1 Å². The zero-order valence-corrected chi connectivity index (χ0v) is 8.25. The summed E-state index contributed by atoms with van der Waals surface area (Å²) < 4.78 is 35.8. The van der Waals surface area contributed by atoms with Crippen LogP contribution in [0, 0.1) is 0 Å². The minimum atomic E-state index is -4.15. The Labute approximate surface area is 81.2 Å². The normalized spacial score (nSPS) is 12.2. The molecule has 0 N–H and O–H groups in total. The minimum absolute atomic E-state index is 0.203. The number of rotatable bonds is 5. The van der Waals surface area contributed by atoms with E-state index in [1.165, 1.54) is 4.90 Å². The van der Waals surface area contributed by atoms with Crippen molar-refractivity contribution in [2.24, 2.45) is 0 Å². The molecule has 13 heavy (non-hydrogen) atoms. The Morgan fingerprint density at radius 3 is 2.31 bits per heavy atom. The third-order valence-electron chi connectivity index (χ3n) is 1.49. The van der Waals surface area contributed by atoms with E-state index in [2.05, 4.69) is 6.58 Å². The highest BCUT2D eigenvalue weighted by atomic mass is 35.5. The standard InChI is InChI=1S/C8H13ClF3N/c1-3-13(5-7(2)4-9)6-8(10,11)12/h2-6H2,1H3. The molecule has 1 nitrogen and oxygen atoms in total. The van der Waals surface area contributed by atoms with Crippen LogP contribution in [-0.2, 0) is 0 Å². The van der Waals surface area contributed by atoms with Gasteiger partial charge in [-0.2, -0.15) is 13.2 Å². The molecule has 0 aliphatic heterocycles. The van der Waals surface area contributed by atoms with E-state index in [9.17, 15) is 13.2 Å². The molecule has 0 aromatic heterocycles. The van der Waals surface area contributed by atoms with Crippen molar-refractivity contribution in [3.8, 4) is 0 Å². The summed E-state index contributed by atoms with van der Waals surface area (Å²) in [4.78, 5) is 1.25. The van der Waals surface area contributed by atoms with E-state index >= 15 is 0 Å². The Balaban J connectivity index is 3.97. The second-order valence-corrected chi connectivity index (χ2v) is 3.07. The fourth-order valence-electron chi connectivity index (χ4n) is 0.892. The van der Waals surface area contributed by atoms with Crippen LogP contribution in [0.15, 0.2) is 12.2 Å². The van der Waals surface area contributed by atoms with Crippen molar-refractivity contribution in [1.29, 1.82) is 0 Å². The molecule has 0 aliphatic rings. The Bertz CT molecular complexity index is 167. The number of likely N-dealkylation sites (N-methyl/N-ethyl adjacent to an activating group) is 1. The van der Waals surface area contributed by atoms with E-state index in [1.807, 2.05) is 0 Å². The first kappa shape index (κ1) is 12.8. The van der Waals surface area contributed by atoms with Gasteiger partial charge in [0.1, 0.15) is 0 Å². The highest BCUT2D eigenvalue weighted by molar-refractivity contribution is 6.19. The van der Waals surface area contributed by atoms with Gasteiger partial charge in [-0.1, -0.05) is 13.5 Å². The summed E-state index contributed by atoms with van der Waals surface area (Å²) in [6, 6.07) is 0. The van der Waals surface area contributed by atoms with Crippen molar-refractivity contribution in [1.82, 2.24) is 4.90 Å². The van der Waals surface area contributed by atoms with Gasteiger partial charge in [-0.15, -0.1) is 11.6 Å². The summed E-state index contributed by atoms with van der Waals surface area (Å²) in [7, 11) is 0. The smallest absolute Gasteiger partial charge is 0.291 e. The number of halogens is 4. The van der Waals surface area contributed by atoms with Crippen molar-refractivity contribution in [2.75, 3.05) is 25.5 Å². The molecule has 0 atom stereocenters. The Morgan fingerprint density at radius 1 is 1.46 bits per heavy atom. The van der Waals surface area contributed by atoms with Gasteiger partial charge in [0.2, 0.25) is 0 Å². The van der Waals surface area contributed by atoms with Crippen molar-refractivity contribution >= 4 is 11.6 Å². The monoisotopic (exact) mass is 215 g/mol. The minimum Gasteiger partial charge on any atom is -0.291 e. The lowest BCUT2D eigenvalue weighted by atomic mass is 10.3. The van der Waals surface area contributed by atoms with E-state index in [0.717, 1.165) is 0 Å². The summed E-state index contributed by atoms with van der Waals surface area (Å²) in [5, 5.41) is 0. The molecule has 0 saturated heterocycles. The largest absolute Gasteiger partial charge is 0.401 e. The van der Waals surface area contributed by atoms with Gasteiger partial charge in [0, 0.05) is 12.4 Å². The van der Waals surface area contributed by atoms with E-state index in [4.69, 9.17) is 11.6 Å². The predicted molar refractivity (Wildman–Crippen MR) is 48.0 cm³/mol. The third-order valence-corrected chi connectivity index (χ3v) is 1.86. The van der Waals surface area contributed by atoms with E-state index in [-0.39, 0.29) is 12.4 Å². The van der Waals surface area contributed by atoms with Gasteiger partial charge in [-0.3, -0.25) is 4.90 Å². The molecular formula is C8H13ClF3N. The van der Waals surface area contributed by atoms with Gasteiger partial charge in [0.05, 0.1) is 6.54 Å². The van der Waals surface area contributed by atoms with E-state index in [1.54, 1.807) is 6.92 Å². The molecule has 0 radical (unpaired) electrons. The Morgan fingerprint density at radius 2 is 2.00 bits per heavy atom. The number of alkyl halides is 4. The first-order chi connectivity index (χ1) is 5.89. The molecule has 0 spiro atoms. The predicted octanol–water partition coefficient (Wildman–Crippen LogP) is 2.67. The maximum absolute atomic E-state index is 11.9. The average Bonchev–Trinajstić information content (AvgIpc) is 2.00. The molecule has 0 heterocycles. The summed E-state index contributed by atoms with van der Waals surface area (Å²) >= 11 is 5.42. The molecule has 0 unspecified atom stereocenters. The quantitative estimate of drug-likeness (QED) is 0.504. The molecule has 0 aromatic carbocycles. The fourth-order valence-corrected chi connectivity index (χ4v) is 0.976. The van der Waals surface area contributed by atoms with Crippen LogP contribution < -0.4 is 0 Å². The van der Waals surface area contributed by atoms with Gasteiger partial charge in [0.15, 0.2) is 0 Å². The summed E-state index contributed by atoms with van der Waals surface area (Å²) in [6.07, 6.45) is -4.15. The number of hydrogen-bond acceptors (Lipinski definition) is 1. The molecule has 0 fully saturated rings. The molecule has 0 bridgehead atoms. The van der Waals surface area contributed by atoms with E-state index in [0.29, 0.717) is 12.1 Å². The lowest BCUT2D eigenvalue weighted by molar-refractivity contribution is -0.144. The molecule has 0 amide bonds. The molecule has 0 rings (SSSR count). The summed E-state index contributed by atoms with van der Waals surface area (Å²) in [5.74, 6) is 0.203. The first-order valence-electron chi connectivity index (χ1n) is 3.90. The van der Waals surface area contributed by atoms with Crippen molar-refractivity contribution in [3.63, 3.8) is 0 Å². The van der Waals surface area contributed by atoms with Crippen LogP contribution in [0.25, 0.3) is 0 Å². The maximum Gasteiger partial charge on any atom is 0.401 e. The van der Waals surface area contributed by atoms with Crippen LogP contribution in [0.4, 0.5) is 13.2 Å². The highest BCUT2D eigenvalue weighted by Crippen LogP contribution is 2.16. The van der Waals surface area contributed by atoms with Crippen LogP contribution in [-0.4, -0.2) is 36.6 Å². The van der Waals surface area contributed by atoms with Crippen molar-refractivity contribution in [2.45, 2.75) is 13.1 Å². The van der Waals surface area contributed by atoms with Gasteiger partial charge < -0.3 is 0 Å². The fraction of sp³-hybridized carbons (Fsp3) is 0.750. The second kappa shape index (κ2) is 5.50. The SMILES string of the molecule is C=C(CCl)CN(CC)CC(F)(F)F. The molecular weight excluding hydrogens is 203 g/mol. The van der Waals surface area contributed by atoms with Gasteiger partial charge in [0.25, 0.3) is 0 Å². The number of hydrogen-bond donors (Lipinski definition) is 0. The molecule has 0 aliphatic carbocycles. The number of nitrogens with zero attached hydrogens (tertiary/aromatic N) is 1. The summed E-state index contributed by atoms with van der Waals surface area (Å²) in [6.45, 7) is 4.87. The third kappa shape index (κ3) is 6.90. The van der Waals surface area contributed by atoms with Crippen LogP contribution >= 0.6 is 11.6 Å². The lowest BCUT2D eigenvalue weighted by Gasteiger charge is -2.22. The topological polar surface area (TPSA) is 3.24 Å². The first-order valence-corrected chi connectivity index (χ1v) is 4.44. The Hall–Kier alpha value is -0.220. The maximum atomic E-state index is 11.9.